The van der Waals surface area contributed by atoms with Crippen LogP contribution in [-0.4, -0.2) is 58.3 Å². The number of aryl methyl sites for hydroxylation is 1. The van der Waals surface area contributed by atoms with Gasteiger partial charge in [-0.05, 0) is 37.5 Å². The number of amides is 1. The van der Waals surface area contributed by atoms with Crippen molar-refractivity contribution in [3.05, 3.63) is 46.5 Å². The van der Waals surface area contributed by atoms with E-state index in [0.717, 1.165) is 54.7 Å². The van der Waals surface area contributed by atoms with Gasteiger partial charge in [0.15, 0.2) is 5.82 Å². The number of benzene rings is 1. The molecule has 0 radical (unpaired) electrons. The summed E-state index contributed by atoms with van der Waals surface area (Å²) < 4.78 is 5.38. The van der Waals surface area contributed by atoms with Crippen LogP contribution in [0.15, 0.2) is 24.3 Å². The first kappa shape index (κ1) is 19.4. The molecule has 0 unspecified atom stereocenters. The van der Waals surface area contributed by atoms with Crippen molar-refractivity contribution in [3.8, 4) is 0 Å². The summed E-state index contributed by atoms with van der Waals surface area (Å²) in [5.74, 6) is 1.77. The molecule has 0 bridgehead atoms. The Kier molecular flexibility index (Phi) is 5.94. The highest BCUT2D eigenvalue weighted by molar-refractivity contribution is 6.30. The standard InChI is InChI=1S/C20H26ClN5O2/c1-13-22-19(25-24-13)17-11-26(10-14-3-2-4-16(21)9-14)12-18(17)23-20(27)15-5-7-28-8-6-15/h2-4,9,15,17-18H,5-8,10-12H2,1H3,(H,23,27)(H,22,24,25)/t17-,18-/m1/s1. The summed E-state index contributed by atoms with van der Waals surface area (Å²) in [5, 5.41) is 11.3. The van der Waals surface area contributed by atoms with Crippen LogP contribution in [0.5, 0.6) is 0 Å². The molecule has 2 aliphatic rings. The lowest BCUT2D eigenvalue weighted by molar-refractivity contribution is -0.128. The minimum atomic E-state index is -0.00951. The van der Waals surface area contributed by atoms with Gasteiger partial charge in [-0.3, -0.25) is 14.8 Å². The number of aromatic amines is 1. The maximum Gasteiger partial charge on any atom is 0.223 e. The average Bonchev–Trinajstić information content (AvgIpc) is 3.28. The van der Waals surface area contributed by atoms with Gasteiger partial charge in [0.2, 0.25) is 5.91 Å². The second-order valence-corrected chi connectivity index (χ2v) is 8.15. The van der Waals surface area contributed by atoms with E-state index in [-0.39, 0.29) is 23.8 Å². The third-order valence-corrected chi connectivity index (χ3v) is 5.79. The predicted molar refractivity (Wildman–Crippen MR) is 106 cm³/mol. The topological polar surface area (TPSA) is 83.1 Å². The van der Waals surface area contributed by atoms with Crippen molar-refractivity contribution < 1.29 is 9.53 Å². The highest BCUT2D eigenvalue weighted by atomic mass is 35.5. The molecule has 0 aliphatic carbocycles. The van der Waals surface area contributed by atoms with Crippen molar-refractivity contribution in [2.75, 3.05) is 26.3 Å². The van der Waals surface area contributed by atoms with Gasteiger partial charge in [0.25, 0.3) is 0 Å². The third-order valence-electron chi connectivity index (χ3n) is 5.56. The second kappa shape index (κ2) is 8.59. The van der Waals surface area contributed by atoms with Gasteiger partial charge in [-0.25, -0.2) is 4.98 Å². The minimum Gasteiger partial charge on any atom is -0.381 e. The van der Waals surface area contributed by atoms with Crippen molar-refractivity contribution in [2.45, 2.75) is 38.3 Å². The molecule has 1 amide bonds. The molecule has 0 spiro atoms. The SMILES string of the molecule is Cc1nc([C@@H]2CN(Cc3cccc(Cl)c3)C[C@H]2NC(=O)C2CCOCC2)n[nH]1. The fraction of sp³-hybridized carbons (Fsp3) is 0.550. The van der Waals surface area contributed by atoms with Crippen LogP contribution < -0.4 is 5.32 Å². The van der Waals surface area contributed by atoms with Crippen molar-refractivity contribution in [1.82, 2.24) is 25.4 Å². The maximum absolute atomic E-state index is 12.8. The first-order valence-corrected chi connectivity index (χ1v) is 10.2. The molecule has 2 aromatic rings. The number of likely N-dealkylation sites (tertiary alicyclic amines) is 1. The Morgan fingerprint density at radius 3 is 2.89 bits per heavy atom. The Morgan fingerprint density at radius 2 is 2.18 bits per heavy atom. The van der Waals surface area contributed by atoms with Crippen molar-refractivity contribution in [1.29, 1.82) is 0 Å². The summed E-state index contributed by atoms with van der Waals surface area (Å²) in [6, 6.07) is 7.90. The number of halogens is 1. The van der Waals surface area contributed by atoms with E-state index in [1.54, 1.807) is 0 Å². The third kappa shape index (κ3) is 4.54. The van der Waals surface area contributed by atoms with Crippen LogP contribution in [0.4, 0.5) is 0 Å². The number of ether oxygens (including phenoxy) is 1. The van der Waals surface area contributed by atoms with E-state index in [4.69, 9.17) is 16.3 Å². The number of H-pyrrole nitrogens is 1. The van der Waals surface area contributed by atoms with E-state index < -0.39 is 0 Å². The summed E-state index contributed by atoms with van der Waals surface area (Å²) in [7, 11) is 0. The normalized spacial score (nSPS) is 23.8. The van der Waals surface area contributed by atoms with Crippen molar-refractivity contribution in [2.24, 2.45) is 5.92 Å². The Labute approximate surface area is 169 Å². The molecule has 2 saturated heterocycles. The van der Waals surface area contributed by atoms with Crippen molar-refractivity contribution >= 4 is 17.5 Å². The molecule has 1 aromatic heterocycles. The lowest BCUT2D eigenvalue weighted by atomic mass is 9.97. The van der Waals surface area contributed by atoms with Gasteiger partial charge in [-0.15, -0.1) is 0 Å². The number of nitrogens with zero attached hydrogens (tertiary/aromatic N) is 3. The molecule has 3 heterocycles. The van der Waals surface area contributed by atoms with Gasteiger partial charge >= 0.3 is 0 Å². The largest absolute Gasteiger partial charge is 0.381 e. The number of carbonyl (C=O) groups is 1. The summed E-state index contributed by atoms with van der Waals surface area (Å²) in [5.41, 5.74) is 1.16. The molecule has 8 heteroatoms. The van der Waals surface area contributed by atoms with Gasteiger partial charge in [0, 0.05) is 43.8 Å². The molecule has 0 saturated carbocycles. The van der Waals surface area contributed by atoms with Gasteiger partial charge in [-0.2, -0.15) is 5.10 Å². The smallest absolute Gasteiger partial charge is 0.223 e. The van der Waals surface area contributed by atoms with E-state index in [1.807, 2.05) is 25.1 Å². The number of nitrogens with one attached hydrogen (secondary N) is 2. The van der Waals surface area contributed by atoms with E-state index in [0.29, 0.717) is 13.2 Å². The Morgan fingerprint density at radius 1 is 1.36 bits per heavy atom. The lowest BCUT2D eigenvalue weighted by Crippen LogP contribution is -2.44. The van der Waals surface area contributed by atoms with Gasteiger partial charge in [-0.1, -0.05) is 23.7 Å². The average molecular weight is 404 g/mol. The number of aromatic nitrogens is 3. The van der Waals surface area contributed by atoms with Crippen LogP contribution in [0.25, 0.3) is 0 Å². The predicted octanol–water partition coefficient (Wildman–Crippen LogP) is 2.28. The first-order chi connectivity index (χ1) is 13.6. The van der Waals surface area contributed by atoms with E-state index in [2.05, 4.69) is 31.5 Å². The Bertz CT molecular complexity index is 820. The fourth-order valence-corrected chi connectivity index (χ4v) is 4.31. The van der Waals surface area contributed by atoms with Gasteiger partial charge in [0.1, 0.15) is 5.82 Å². The van der Waals surface area contributed by atoms with Crippen LogP contribution in [0.1, 0.15) is 36.0 Å². The zero-order valence-corrected chi connectivity index (χ0v) is 16.8. The molecule has 2 aliphatic heterocycles. The summed E-state index contributed by atoms with van der Waals surface area (Å²) in [4.78, 5) is 19.7. The number of rotatable bonds is 5. The number of carbonyl (C=O) groups excluding carboxylic acids is 1. The number of hydrogen-bond acceptors (Lipinski definition) is 5. The number of hydrogen-bond donors (Lipinski definition) is 2. The first-order valence-electron chi connectivity index (χ1n) is 9.82. The molecule has 2 N–H and O–H groups in total. The summed E-state index contributed by atoms with van der Waals surface area (Å²) in [6.45, 7) is 5.55. The monoisotopic (exact) mass is 403 g/mol. The molecular formula is C20H26ClN5O2. The molecular weight excluding hydrogens is 378 g/mol. The Hall–Kier alpha value is -1.96. The molecule has 2 atom stereocenters. The lowest BCUT2D eigenvalue weighted by Gasteiger charge is -2.25. The van der Waals surface area contributed by atoms with Crippen LogP contribution in [0, 0.1) is 12.8 Å². The summed E-state index contributed by atoms with van der Waals surface area (Å²) in [6.07, 6.45) is 1.57. The van der Waals surface area contributed by atoms with Crippen LogP contribution in [-0.2, 0) is 16.1 Å². The fourth-order valence-electron chi connectivity index (χ4n) is 4.10. The van der Waals surface area contributed by atoms with Crippen LogP contribution >= 0.6 is 11.6 Å². The highest BCUT2D eigenvalue weighted by Gasteiger charge is 2.38. The van der Waals surface area contributed by atoms with E-state index in [1.165, 1.54) is 0 Å². The molecule has 1 aromatic carbocycles. The minimum absolute atomic E-state index is 0.00951. The van der Waals surface area contributed by atoms with E-state index in [9.17, 15) is 4.79 Å². The molecule has 4 rings (SSSR count). The molecule has 150 valence electrons. The van der Waals surface area contributed by atoms with Crippen LogP contribution in [0.2, 0.25) is 5.02 Å². The zero-order valence-electron chi connectivity index (χ0n) is 16.0. The zero-order chi connectivity index (χ0) is 19.5. The van der Waals surface area contributed by atoms with Crippen molar-refractivity contribution in [3.63, 3.8) is 0 Å². The quantitative estimate of drug-likeness (QED) is 0.800. The van der Waals surface area contributed by atoms with Gasteiger partial charge < -0.3 is 10.1 Å². The maximum atomic E-state index is 12.8. The highest BCUT2D eigenvalue weighted by Crippen LogP contribution is 2.28. The molecule has 2 fully saturated rings. The second-order valence-electron chi connectivity index (χ2n) is 7.71. The van der Waals surface area contributed by atoms with Gasteiger partial charge in [0.05, 0.1) is 12.0 Å². The Balaban J connectivity index is 1.47. The van der Waals surface area contributed by atoms with Crippen LogP contribution in [0.3, 0.4) is 0 Å². The summed E-state index contributed by atoms with van der Waals surface area (Å²) >= 11 is 6.13. The van der Waals surface area contributed by atoms with E-state index >= 15 is 0 Å². The molecule has 7 nitrogen and oxygen atoms in total. The molecule has 28 heavy (non-hydrogen) atoms.